The predicted octanol–water partition coefficient (Wildman–Crippen LogP) is 3.29. The van der Waals surface area contributed by atoms with Crippen LogP contribution in [-0.2, 0) is 10.2 Å². The van der Waals surface area contributed by atoms with Crippen LogP contribution in [0.15, 0.2) is 60.7 Å². The van der Waals surface area contributed by atoms with Crippen molar-refractivity contribution in [2.45, 2.75) is 30.8 Å². The van der Waals surface area contributed by atoms with E-state index in [9.17, 15) is 4.79 Å². The molecule has 1 amide bonds. The molecule has 1 spiro atoms. The number of carbonyl (C=O) groups excluding carboxylic acids is 1. The lowest BCUT2D eigenvalue weighted by Crippen LogP contribution is -2.98. The molecule has 2 aromatic rings. The first-order valence-electron chi connectivity index (χ1n) is 9.23. The molecule has 4 aliphatic rings. The Morgan fingerprint density at radius 2 is 1.60 bits per heavy atom. The minimum atomic E-state index is -0.271. The van der Waals surface area contributed by atoms with E-state index in [0.717, 1.165) is 25.0 Å². The third kappa shape index (κ3) is 1.20. The van der Waals surface area contributed by atoms with Crippen molar-refractivity contribution in [1.29, 1.82) is 0 Å². The van der Waals surface area contributed by atoms with Crippen LogP contribution in [0.5, 0.6) is 5.75 Å². The van der Waals surface area contributed by atoms with Gasteiger partial charge < -0.3 is 10.5 Å². The number of rotatable bonds is 4. The highest BCUT2D eigenvalue weighted by molar-refractivity contribution is 5.88. The van der Waals surface area contributed by atoms with Crippen molar-refractivity contribution in [2.75, 3.05) is 0 Å². The molecule has 0 radical (unpaired) electrons. The molecule has 4 aliphatic carbocycles. The number of carbonyl (C=O) groups is 1. The Hall–Kier alpha value is -2.29. The lowest BCUT2D eigenvalue weighted by atomic mass is 9.07. The van der Waals surface area contributed by atoms with Crippen LogP contribution in [0.4, 0.5) is 0 Å². The zero-order chi connectivity index (χ0) is 16.9. The largest absolute Gasteiger partial charge is 0.490 e. The number of hydrogen-bond acceptors (Lipinski definition) is 2. The standard InChI is InChI=1S/C22H21NO2/c23-19(24)21-12-17-18(25-15-9-5-2-6-10-15)16-11-20(13-21,22(16,17)21)14-7-3-1-4-8-14/h1-10,16-18H,11-13H2,(H2,23,24). The van der Waals surface area contributed by atoms with Crippen LogP contribution in [0.25, 0.3) is 0 Å². The van der Waals surface area contributed by atoms with E-state index < -0.39 is 0 Å². The summed E-state index contributed by atoms with van der Waals surface area (Å²) in [6.45, 7) is 0. The van der Waals surface area contributed by atoms with Crippen LogP contribution >= 0.6 is 0 Å². The molecule has 3 nitrogen and oxygen atoms in total. The lowest BCUT2D eigenvalue weighted by molar-refractivity contribution is -0.460. The molecule has 0 bridgehead atoms. The maximum atomic E-state index is 12.3. The van der Waals surface area contributed by atoms with Gasteiger partial charge in [0.05, 0.1) is 5.41 Å². The quantitative estimate of drug-likeness (QED) is 0.935. The molecule has 0 saturated heterocycles. The first-order chi connectivity index (χ1) is 12.2. The highest BCUT2D eigenvalue weighted by atomic mass is 16.5. The van der Waals surface area contributed by atoms with Crippen molar-refractivity contribution in [2.24, 2.45) is 28.4 Å². The van der Waals surface area contributed by atoms with Gasteiger partial charge in [-0.15, -0.1) is 0 Å². The monoisotopic (exact) mass is 331 g/mol. The first kappa shape index (κ1) is 13.9. The number of nitrogens with two attached hydrogens (primary N) is 1. The number of benzene rings is 2. The van der Waals surface area contributed by atoms with Gasteiger partial charge in [-0.2, -0.15) is 0 Å². The Morgan fingerprint density at radius 1 is 0.960 bits per heavy atom. The molecule has 2 aromatic carbocycles. The summed E-state index contributed by atoms with van der Waals surface area (Å²) < 4.78 is 6.34. The molecule has 0 heterocycles. The van der Waals surface area contributed by atoms with Crippen molar-refractivity contribution >= 4 is 5.91 Å². The van der Waals surface area contributed by atoms with Gasteiger partial charge in [-0.1, -0.05) is 48.5 Å². The lowest BCUT2D eigenvalue weighted by Gasteiger charge is -2.95. The fraction of sp³-hybridized carbons (Fsp3) is 0.409. The van der Waals surface area contributed by atoms with Crippen molar-refractivity contribution < 1.29 is 9.53 Å². The summed E-state index contributed by atoms with van der Waals surface area (Å²) in [6, 6.07) is 20.8. The van der Waals surface area contributed by atoms with Crippen LogP contribution in [0, 0.1) is 22.7 Å². The Kier molecular flexibility index (Phi) is 2.28. The molecule has 25 heavy (non-hydrogen) atoms. The Bertz CT molecular complexity index is 873. The van der Waals surface area contributed by atoms with Crippen molar-refractivity contribution in [3.05, 3.63) is 66.2 Å². The van der Waals surface area contributed by atoms with Gasteiger partial charge in [0.15, 0.2) is 0 Å². The van der Waals surface area contributed by atoms with E-state index in [4.69, 9.17) is 10.5 Å². The highest BCUT2D eigenvalue weighted by Crippen LogP contribution is 2.97. The number of ether oxygens (including phenoxy) is 1. The van der Waals surface area contributed by atoms with Crippen molar-refractivity contribution in [1.82, 2.24) is 0 Å². The fourth-order valence-corrected chi connectivity index (χ4v) is 7.49. The molecule has 0 aromatic heterocycles. The topological polar surface area (TPSA) is 52.3 Å². The molecule has 3 heteroatoms. The van der Waals surface area contributed by atoms with Gasteiger partial charge in [0, 0.05) is 22.7 Å². The molecule has 4 fully saturated rings. The smallest absolute Gasteiger partial charge is 0.224 e. The zero-order valence-electron chi connectivity index (χ0n) is 14.0. The van der Waals surface area contributed by atoms with E-state index in [1.54, 1.807) is 0 Å². The maximum absolute atomic E-state index is 12.3. The summed E-state index contributed by atoms with van der Waals surface area (Å²) in [5.74, 6) is 1.79. The SMILES string of the molecule is NC(=O)C12CC3C(Oc4ccccc4)C4CC(c5ccccc5)(C1)C342. The Labute approximate surface area is 147 Å². The summed E-state index contributed by atoms with van der Waals surface area (Å²) in [4.78, 5) is 12.3. The zero-order valence-corrected chi connectivity index (χ0v) is 14.0. The minimum absolute atomic E-state index is 0.0760. The number of primary amides is 1. The number of amides is 1. The van der Waals surface area contributed by atoms with E-state index in [2.05, 4.69) is 30.3 Å². The van der Waals surface area contributed by atoms with Crippen LogP contribution in [0.1, 0.15) is 24.8 Å². The summed E-state index contributed by atoms with van der Waals surface area (Å²) in [7, 11) is 0. The van der Waals surface area contributed by atoms with Gasteiger partial charge in [-0.25, -0.2) is 0 Å². The second-order valence-corrected chi connectivity index (χ2v) is 8.46. The second-order valence-electron chi connectivity index (χ2n) is 8.46. The molecule has 6 unspecified atom stereocenters. The molecular weight excluding hydrogens is 310 g/mol. The van der Waals surface area contributed by atoms with Gasteiger partial charge in [0.2, 0.25) is 5.91 Å². The number of para-hydroxylation sites is 1. The summed E-state index contributed by atoms with van der Waals surface area (Å²) in [5.41, 5.74) is 7.25. The minimum Gasteiger partial charge on any atom is -0.490 e. The second kappa shape index (κ2) is 4.09. The molecule has 4 saturated carbocycles. The van der Waals surface area contributed by atoms with Crippen LogP contribution in [0.2, 0.25) is 0 Å². The van der Waals surface area contributed by atoms with Crippen molar-refractivity contribution in [3.63, 3.8) is 0 Å². The van der Waals surface area contributed by atoms with Crippen LogP contribution in [0.3, 0.4) is 0 Å². The first-order valence-corrected chi connectivity index (χ1v) is 9.23. The van der Waals surface area contributed by atoms with Gasteiger partial charge in [-0.3, -0.25) is 4.79 Å². The molecule has 126 valence electrons. The normalized spacial score (nSPS) is 44.7. The van der Waals surface area contributed by atoms with Gasteiger partial charge in [-0.05, 0) is 37.0 Å². The van der Waals surface area contributed by atoms with Gasteiger partial charge in [0.1, 0.15) is 11.9 Å². The van der Waals surface area contributed by atoms with Crippen LogP contribution < -0.4 is 10.5 Å². The van der Waals surface area contributed by atoms with E-state index in [0.29, 0.717) is 11.8 Å². The van der Waals surface area contributed by atoms with E-state index >= 15 is 0 Å². The average Bonchev–Trinajstić information content (AvgIpc) is 2.58. The summed E-state index contributed by atoms with van der Waals surface area (Å²) in [6.07, 6.45) is 3.21. The highest BCUT2D eigenvalue weighted by Gasteiger charge is 2.98. The third-order valence-corrected chi connectivity index (χ3v) is 8.10. The van der Waals surface area contributed by atoms with E-state index in [-0.39, 0.29) is 28.3 Å². The van der Waals surface area contributed by atoms with E-state index in [1.807, 2.05) is 30.3 Å². The molecular formula is C22H21NO2. The Morgan fingerprint density at radius 3 is 2.24 bits per heavy atom. The maximum Gasteiger partial charge on any atom is 0.224 e. The van der Waals surface area contributed by atoms with Crippen LogP contribution in [-0.4, -0.2) is 12.0 Å². The fourth-order valence-electron chi connectivity index (χ4n) is 7.49. The molecule has 2 N–H and O–H groups in total. The summed E-state index contributed by atoms with van der Waals surface area (Å²) in [5, 5.41) is 0. The van der Waals surface area contributed by atoms with Gasteiger partial charge in [0.25, 0.3) is 0 Å². The Balaban J connectivity index is 1.37. The number of hydrogen-bond donors (Lipinski definition) is 1. The third-order valence-electron chi connectivity index (χ3n) is 8.10. The van der Waals surface area contributed by atoms with E-state index in [1.165, 1.54) is 5.56 Å². The molecule has 0 aliphatic heterocycles. The summed E-state index contributed by atoms with van der Waals surface area (Å²) >= 11 is 0. The predicted molar refractivity (Wildman–Crippen MR) is 93.9 cm³/mol. The average molecular weight is 331 g/mol. The van der Waals surface area contributed by atoms with Gasteiger partial charge >= 0.3 is 0 Å². The molecule has 6 rings (SSSR count). The van der Waals surface area contributed by atoms with Crippen molar-refractivity contribution in [3.8, 4) is 5.75 Å². The molecule has 6 atom stereocenters.